The Morgan fingerprint density at radius 3 is 2.89 bits per heavy atom. The van der Waals surface area contributed by atoms with Gasteiger partial charge in [-0.2, -0.15) is 0 Å². The maximum Gasteiger partial charge on any atom is 0.237 e. The number of para-hydroxylation sites is 1. The summed E-state index contributed by atoms with van der Waals surface area (Å²) >= 11 is 0. The molecule has 2 rings (SSSR count). The Bertz CT molecular complexity index is 375. The first-order chi connectivity index (χ1) is 9.36. The van der Waals surface area contributed by atoms with E-state index in [2.05, 4.69) is 10.6 Å². The number of carbonyl (C=O) groups is 1. The van der Waals surface area contributed by atoms with Gasteiger partial charge in [-0.15, -0.1) is 0 Å². The van der Waals surface area contributed by atoms with Crippen molar-refractivity contribution in [1.82, 2.24) is 10.6 Å². The van der Waals surface area contributed by atoms with Crippen molar-refractivity contribution in [2.24, 2.45) is 0 Å². The summed E-state index contributed by atoms with van der Waals surface area (Å²) in [5.41, 5.74) is 0. The summed E-state index contributed by atoms with van der Waals surface area (Å²) in [6.45, 7) is 2.25. The van der Waals surface area contributed by atoms with E-state index in [1.165, 1.54) is 6.42 Å². The summed E-state index contributed by atoms with van der Waals surface area (Å²) in [7, 11) is 0. The largest absolute Gasteiger partial charge is 0.494 e. The molecule has 0 aromatic heterocycles. The van der Waals surface area contributed by atoms with E-state index in [-0.39, 0.29) is 11.9 Å². The van der Waals surface area contributed by atoms with Gasteiger partial charge in [0.15, 0.2) is 0 Å². The molecule has 1 saturated heterocycles. The zero-order chi connectivity index (χ0) is 13.3. The molecule has 4 nitrogen and oxygen atoms in total. The molecule has 0 aliphatic carbocycles. The molecule has 19 heavy (non-hydrogen) atoms. The van der Waals surface area contributed by atoms with E-state index < -0.39 is 0 Å². The number of amides is 1. The van der Waals surface area contributed by atoms with E-state index in [9.17, 15) is 4.79 Å². The van der Waals surface area contributed by atoms with Crippen molar-refractivity contribution < 1.29 is 9.53 Å². The van der Waals surface area contributed by atoms with Crippen LogP contribution in [0.5, 0.6) is 5.75 Å². The Kier molecular flexibility index (Phi) is 5.69. The molecule has 1 amide bonds. The summed E-state index contributed by atoms with van der Waals surface area (Å²) in [6.07, 6.45) is 4.09. The number of ether oxygens (including phenoxy) is 1. The van der Waals surface area contributed by atoms with Gasteiger partial charge in [0.05, 0.1) is 12.6 Å². The molecule has 0 radical (unpaired) electrons. The van der Waals surface area contributed by atoms with Crippen LogP contribution in [0.2, 0.25) is 0 Å². The third-order valence-electron chi connectivity index (χ3n) is 3.26. The summed E-state index contributed by atoms with van der Waals surface area (Å²) in [6, 6.07) is 9.74. The van der Waals surface area contributed by atoms with Crippen LogP contribution in [0.15, 0.2) is 30.3 Å². The monoisotopic (exact) mass is 262 g/mol. The Morgan fingerprint density at radius 2 is 2.16 bits per heavy atom. The third-order valence-corrected chi connectivity index (χ3v) is 3.26. The Morgan fingerprint density at radius 1 is 1.32 bits per heavy atom. The number of rotatable bonds is 6. The normalized spacial score (nSPS) is 18.8. The minimum absolute atomic E-state index is 0.00351. The van der Waals surface area contributed by atoms with Crippen molar-refractivity contribution in [3.8, 4) is 5.75 Å². The Balaban J connectivity index is 1.55. The summed E-state index contributed by atoms with van der Waals surface area (Å²) in [5.74, 6) is 1.00. The number of hydrogen-bond acceptors (Lipinski definition) is 3. The highest BCUT2D eigenvalue weighted by atomic mass is 16.5. The van der Waals surface area contributed by atoms with Crippen LogP contribution in [-0.4, -0.2) is 31.6 Å². The molecule has 0 saturated carbocycles. The van der Waals surface area contributed by atoms with Gasteiger partial charge in [-0.3, -0.25) is 4.79 Å². The van der Waals surface area contributed by atoms with Crippen molar-refractivity contribution in [2.75, 3.05) is 19.7 Å². The van der Waals surface area contributed by atoms with Crippen LogP contribution < -0.4 is 15.4 Å². The second-order valence-electron chi connectivity index (χ2n) is 4.81. The Hall–Kier alpha value is -1.55. The predicted octanol–water partition coefficient (Wildman–Crippen LogP) is 1.71. The molecule has 0 bridgehead atoms. The maximum atomic E-state index is 11.8. The number of hydrogen-bond donors (Lipinski definition) is 2. The topological polar surface area (TPSA) is 50.4 Å². The first-order valence-corrected chi connectivity index (χ1v) is 7.05. The van der Waals surface area contributed by atoms with Crippen LogP contribution in [0, 0.1) is 0 Å². The van der Waals surface area contributed by atoms with Crippen LogP contribution in [0.25, 0.3) is 0 Å². The zero-order valence-corrected chi connectivity index (χ0v) is 11.2. The van der Waals surface area contributed by atoms with Crippen molar-refractivity contribution in [3.63, 3.8) is 0 Å². The lowest BCUT2D eigenvalue weighted by molar-refractivity contribution is -0.123. The highest BCUT2D eigenvalue weighted by molar-refractivity contribution is 5.81. The van der Waals surface area contributed by atoms with Crippen LogP contribution in [0.1, 0.15) is 25.7 Å². The molecule has 1 aromatic carbocycles. The van der Waals surface area contributed by atoms with Gasteiger partial charge in [0.2, 0.25) is 5.91 Å². The molecular weight excluding hydrogens is 240 g/mol. The van der Waals surface area contributed by atoms with Gasteiger partial charge in [0, 0.05) is 6.54 Å². The van der Waals surface area contributed by atoms with Gasteiger partial charge in [-0.1, -0.05) is 24.6 Å². The van der Waals surface area contributed by atoms with Crippen LogP contribution in [-0.2, 0) is 4.79 Å². The minimum Gasteiger partial charge on any atom is -0.494 e. The lowest BCUT2D eigenvalue weighted by Crippen LogP contribution is -2.46. The SMILES string of the molecule is O=C(NCCCOc1ccccc1)[C@H]1CCCCN1. The molecule has 1 aromatic rings. The van der Waals surface area contributed by atoms with E-state index in [4.69, 9.17) is 4.74 Å². The fraction of sp³-hybridized carbons (Fsp3) is 0.533. The second-order valence-corrected chi connectivity index (χ2v) is 4.81. The smallest absolute Gasteiger partial charge is 0.237 e. The third kappa shape index (κ3) is 4.91. The number of piperidine rings is 1. The highest BCUT2D eigenvalue weighted by Gasteiger charge is 2.19. The molecule has 1 aliphatic rings. The average molecular weight is 262 g/mol. The number of carbonyl (C=O) groups excluding carboxylic acids is 1. The molecule has 1 heterocycles. The Labute approximate surface area is 114 Å². The van der Waals surface area contributed by atoms with Gasteiger partial charge < -0.3 is 15.4 Å². The molecule has 1 atom stereocenters. The predicted molar refractivity (Wildman–Crippen MR) is 75.2 cm³/mol. The van der Waals surface area contributed by atoms with Crippen LogP contribution in [0.4, 0.5) is 0 Å². The van der Waals surface area contributed by atoms with Gasteiger partial charge in [0.25, 0.3) is 0 Å². The fourth-order valence-electron chi connectivity index (χ4n) is 2.19. The van der Waals surface area contributed by atoms with Gasteiger partial charge in [-0.05, 0) is 37.9 Å². The molecule has 4 heteroatoms. The molecule has 104 valence electrons. The summed E-state index contributed by atoms with van der Waals surface area (Å²) in [4.78, 5) is 11.8. The first kappa shape index (κ1) is 13.9. The van der Waals surface area contributed by atoms with E-state index >= 15 is 0 Å². The molecule has 2 N–H and O–H groups in total. The van der Waals surface area contributed by atoms with Gasteiger partial charge in [-0.25, -0.2) is 0 Å². The van der Waals surface area contributed by atoms with Crippen LogP contribution >= 0.6 is 0 Å². The van der Waals surface area contributed by atoms with Crippen molar-refractivity contribution in [3.05, 3.63) is 30.3 Å². The standard InChI is InChI=1S/C15H22N2O2/c18-15(14-9-4-5-10-16-14)17-11-6-12-19-13-7-2-1-3-8-13/h1-3,7-8,14,16H,4-6,9-12H2,(H,17,18)/t14-/m1/s1. The van der Waals surface area contributed by atoms with Crippen molar-refractivity contribution in [1.29, 1.82) is 0 Å². The fourth-order valence-corrected chi connectivity index (χ4v) is 2.19. The zero-order valence-electron chi connectivity index (χ0n) is 11.2. The van der Waals surface area contributed by atoms with Crippen molar-refractivity contribution >= 4 is 5.91 Å². The van der Waals surface area contributed by atoms with Gasteiger partial charge in [0.1, 0.15) is 5.75 Å². The molecule has 1 aliphatic heterocycles. The highest BCUT2D eigenvalue weighted by Crippen LogP contribution is 2.08. The van der Waals surface area contributed by atoms with Crippen LogP contribution in [0.3, 0.4) is 0 Å². The van der Waals surface area contributed by atoms with E-state index in [0.29, 0.717) is 13.2 Å². The van der Waals surface area contributed by atoms with Gasteiger partial charge >= 0.3 is 0 Å². The quantitative estimate of drug-likeness (QED) is 0.767. The number of nitrogens with one attached hydrogen (secondary N) is 2. The summed E-state index contributed by atoms with van der Waals surface area (Å²) in [5, 5.41) is 6.20. The molecule has 1 fully saturated rings. The molecular formula is C15H22N2O2. The maximum absolute atomic E-state index is 11.8. The van der Waals surface area contributed by atoms with E-state index in [1.54, 1.807) is 0 Å². The lowest BCUT2D eigenvalue weighted by Gasteiger charge is -2.22. The van der Waals surface area contributed by atoms with E-state index in [1.807, 2.05) is 30.3 Å². The van der Waals surface area contributed by atoms with Crippen molar-refractivity contribution in [2.45, 2.75) is 31.7 Å². The van der Waals surface area contributed by atoms with E-state index in [0.717, 1.165) is 31.6 Å². The number of benzene rings is 1. The average Bonchev–Trinajstić information content (AvgIpc) is 2.49. The molecule has 0 spiro atoms. The molecule has 0 unspecified atom stereocenters. The minimum atomic E-state index is 0.00351. The summed E-state index contributed by atoms with van der Waals surface area (Å²) < 4.78 is 5.57. The second kappa shape index (κ2) is 7.79. The lowest BCUT2D eigenvalue weighted by atomic mass is 10.0. The first-order valence-electron chi connectivity index (χ1n) is 7.05.